The predicted molar refractivity (Wildman–Crippen MR) is 68.9 cm³/mol. The maximum atomic E-state index is 12.4. The molecule has 4 amide bonds. The van der Waals surface area contributed by atoms with Crippen molar-refractivity contribution < 1.29 is 27.6 Å². The van der Waals surface area contributed by atoms with E-state index in [4.69, 9.17) is 0 Å². The first kappa shape index (κ1) is 15.8. The first-order chi connectivity index (χ1) is 10.3. The van der Waals surface area contributed by atoms with Crippen LogP contribution >= 0.6 is 0 Å². The summed E-state index contributed by atoms with van der Waals surface area (Å²) in [5.74, 6) is -1.03. The number of benzene rings is 1. The number of alkyl halides is 3. The van der Waals surface area contributed by atoms with Crippen molar-refractivity contribution in [2.75, 3.05) is 6.54 Å². The zero-order valence-electron chi connectivity index (χ0n) is 11.2. The molecule has 0 saturated carbocycles. The van der Waals surface area contributed by atoms with Crippen molar-refractivity contribution in [2.45, 2.75) is 18.6 Å². The quantitative estimate of drug-likeness (QED) is 0.725. The molecule has 0 bridgehead atoms. The van der Waals surface area contributed by atoms with Crippen molar-refractivity contribution in [1.82, 2.24) is 16.0 Å². The van der Waals surface area contributed by atoms with Gasteiger partial charge in [0.2, 0.25) is 0 Å². The van der Waals surface area contributed by atoms with Gasteiger partial charge in [-0.2, -0.15) is 13.2 Å². The van der Waals surface area contributed by atoms with Crippen molar-refractivity contribution in [3.8, 4) is 0 Å². The molecule has 6 nitrogen and oxygen atoms in total. The molecule has 0 radical (unpaired) electrons. The lowest BCUT2D eigenvalue weighted by Crippen LogP contribution is -2.34. The van der Waals surface area contributed by atoms with Crippen molar-refractivity contribution in [3.05, 3.63) is 35.4 Å². The van der Waals surface area contributed by atoms with Gasteiger partial charge in [0, 0.05) is 12.1 Å². The van der Waals surface area contributed by atoms with E-state index in [0.29, 0.717) is 0 Å². The standard InChI is InChI=1S/C13H12F3N3O3/c14-13(15,16)8-3-1-7(2-4-8)10(20)17-6-5-9-11(21)19-12(22)18-9/h1-4,9H,5-6H2,(H,17,20)(H2,18,19,21,22). The van der Waals surface area contributed by atoms with Gasteiger partial charge in [-0.1, -0.05) is 0 Å². The Kier molecular flexibility index (Phi) is 4.34. The number of rotatable bonds is 4. The lowest BCUT2D eigenvalue weighted by Gasteiger charge is -2.10. The van der Waals surface area contributed by atoms with Crippen LogP contribution in [-0.4, -0.2) is 30.4 Å². The Labute approximate surface area is 123 Å². The molecular weight excluding hydrogens is 303 g/mol. The molecule has 1 aliphatic rings. The fourth-order valence-corrected chi connectivity index (χ4v) is 1.90. The summed E-state index contributed by atoms with van der Waals surface area (Å²) < 4.78 is 37.2. The highest BCUT2D eigenvalue weighted by atomic mass is 19.4. The third-order valence-corrected chi connectivity index (χ3v) is 3.05. The molecule has 1 heterocycles. The number of amides is 4. The summed E-state index contributed by atoms with van der Waals surface area (Å²) in [6.45, 7) is 0.0955. The van der Waals surface area contributed by atoms with Crippen LogP contribution in [0.1, 0.15) is 22.3 Å². The number of carbonyl (C=O) groups excluding carboxylic acids is 3. The maximum Gasteiger partial charge on any atom is 0.416 e. The van der Waals surface area contributed by atoms with E-state index in [1.807, 2.05) is 5.32 Å². The second-order valence-corrected chi connectivity index (χ2v) is 4.63. The van der Waals surface area contributed by atoms with Gasteiger partial charge in [-0.15, -0.1) is 0 Å². The second kappa shape index (κ2) is 6.04. The van der Waals surface area contributed by atoms with Crippen LogP contribution in [0.3, 0.4) is 0 Å². The molecular formula is C13H12F3N3O3. The van der Waals surface area contributed by atoms with E-state index in [1.54, 1.807) is 0 Å². The average molecular weight is 315 g/mol. The van der Waals surface area contributed by atoms with Crippen molar-refractivity contribution in [3.63, 3.8) is 0 Å². The molecule has 2 rings (SSSR count). The summed E-state index contributed by atoms with van der Waals surface area (Å²) in [5, 5.41) is 6.88. The minimum Gasteiger partial charge on any atom is -0.352 e. The van der Waals surface area contributed by atoms with Crippen molar-refractivity contribution in [1.29, 1.82) is 0 Å². The molecule has 1 aromatic carbocycles. The molecule has 0 spiro atoms. The van der Waals surface area contributed by atoms with Crippen LogP contribution in [0.15, 0.2) is 24.3 Å². The van der Waals surface area contributed by atoms with E-state index in [2.05, 4.69) is 10.6 Å². The average Bonchev–Trinajstić information content (AvgIpc) is 2.76. The van der Waals surface area contributed by atoms with E-state index in [0.717, 1.165) is 24.3 Å². The Morgan fingerprint density at radius 1 is 1.18 bits per heavy atom. The Bertz CT molecular complexity index is 599. The number of urea groups is 1. The Hall–Kier alpha value is -2.58. The van der Waals surface area contributed by atoms with Gasteiger partial charge in [-0.25, -0.2) is 4.79 Å². The molecule has 9 heteroatoms. The Balaban J connectivity index is 1.85. The fraction of sp³-hybridized carbons (Fsp3) is 0.308. The van der Waals surface area contributed by atoms with E-state index >= 15 is 0 Å². The van der Waals surface area contributed by atoms with Gasteiger partial charge in [0.25, 0.3) is 11.8 Å². The first-order valence-electron chi connectivity index (χ1n) is 6.34. The summed E-state index contributed by atoms with van der Waals surface area (Å²) in [4.78, 5) is 33.9. The predicted octanol–water partition coefficient (Wildman–Crippen LogP) is 1.03. The summed E-state index contributed by atoms with van der Waals surface area (Å²) >= 11 is 0. The van der Waals surface area contributed by atoms with Gasteiger partial charge < -0.3 is 10.6 Å². The van der Waals surface area contributed by atoms with E-state index < -0.39 is 35.6 Å². The number of imide groups is 1. The number of halogens is 3. The topological polar surface area (TPSA) is 87.3 Å². The van der Waals surface area contributed by atoms with Crippen LogP contribution in [0.25, 0.3) is 0 Å². The lowest BCUT2D eigenvalue weighted by atomic mass is 10.1. The molecule has 1 aromatic rings. The van der Waals surface area contributed by atoms with Crippen LogP contribution in [0.2, 0.25) is 0 Å². The highest BCUT2D eigenvalue weighted by Gasteiger charge is 2.30. The first-order valence-corrected chi connectivity index (χ1v) is 6.34. The molecule has 1 aliphatic heterocycles. The number of nitrogens with one attached hydrogen (secondary N) is 3. The maximum absolute atomic E-state index is 12.4. The Morgan fingerprint density at radius 2 is 1.82 bits per heavy atom. The van der Waals surface area contributed by atoms with Crippen LogP contribution < -0.4 is 16.0 Å². The molecule has 0 aliphatic carbocycles. The van der Waals surface area contributed by atoms with Gasteiger partial charge in [-0.05, 0) is 30.7 Å². The molecule has 1 atom stereocenters. The number of hydrogen-bond acceptors (Lipinski definition) is 3. The second-order valence-electron chi connectivity index (χ2n) is 4.63. The largest absolute Gasteiger partial charge is 0.416 e. The van der Waals surface area contributed by atoms with Gasteiger partial charge in [-0.3, -0.25) is 14.9 Å². The third kappa shape index (κ3) is 3.74. The van der Waals surface area contributed by atoms with E-state index in [9.17, 15) is 27.6 Å². The van der Waals surface area contributed by atoms with Crippen LogP contribution in [0.4, 0.5) is 18.0 Å². The summed E-state index contributed by atoms with van der Waals surface area (Å²) in [6, 6.07) is 2.47. The van der Waals surface area contributed by atoms with Crippen molar-refractivity contribution in [2.24, 2.45) is 0 Å². The van der Waals surface area contributed by atoms with Crippen LogP contribution in [0.5, 0.6) is 0 Å². The Morgan fingerprint density at radius 3 is 2.32 bits per heavy atom. The summed E-state index contributed by atoms with van der Waals surface area (Å²) in [7, 11) is 0. The molecule has 1 unspecified atom stereocenters. The highest BCUT2D eigenvalue weighted by molar-refractivity contribution is 6.04. The molecule has 1 fully saturated rings. The molecule has 1 saturated heterocycles. The number of hydrogen-bond donors (Lipinski definition) is 3. The normalized spacial score (nSPS) is 17.9. The van der Waals surface area contributed by atoms with Gasteiger partial charge in [0.1, 0.15) is 6.04 Å². The lowest BCUT2D eigenvalue weighted by molar-refractivity contribution is -0.137. The molecule has 0 aromatic heterocycles. The van der Waals surface area contributed by atoms with Gasteiger partial charge in [0.15, 0.2) is 0 Å². The minimum atomic E-state index is -4.46. The monoisotopic (exact) mass is 315 g/mol. The van der Waals surface area contributed by atoms with Gasteiger partial charge in [0.05, 0.1) is 5.56 Å². The van der Waals surface area contributed by atoms with Crippen LogP contribution in [-0.2, 0) is 11.0 Å². The molecule has 118 valence electrons. The zero-order valence-corrected chi connectivity index (χ0v) is 11.2. The smallest absolute Gasteiger partial charge is 0.352 e. The third-order valence-electron chi connectivity index (χ3n) is 3.05. The van der Waals surface area contributed by atoms with E-state index in [1.165, 1.54) is 0 Å². The van der Waals surface area contributed by atoms with Crippen LogP contribution in [0, 0.1) is 0 Å². The highest BCUT2D eigenvalue weighted by Crippen LogP contribution is 2.29. The SMILES string of the molecule is O=C1NC(=O)C(CCNC(=O)c2ccc(C(F)(F)F)cc2)N1. The minimum absolute atomic E-state index is 0.0768. The molecule has 22 heavy (non-hydrogen) atoms. The zero-order chi connectivity index (χ0) is 16.3. The van der Waals surface area contributed by atoms with Gasteiger partial charge >= 0.3 is 12.2 Å². The van der Waals surface area contributed by atoms with Crippen molar-refractivity contribution >= 4 is 17.8 Å². The number of carbonyl (C=O) groups is 3. The van der Waals surface area contributed by atoms with E-state index in [-0.39, 0.29) is 18.5 Å². The molecule has 3 N–H and O–H groups in total. The summed E-state index contributed by atoms with van der Waals surface area (Å²) in [5.41, 5.74) is -0.762. The fourth-order valence-electron chi connectivity index (χ4n) is 1.90. The summed E-state index contributed by atoms with van der Waals surface area (Å²) in [6.07, 6.45) is -4.27.